The molecule has 0 unspecified atom stereocenters. The first-order valence-corrected chi connectivity index (χ1v) is 6.02. The summed E-state index contributed by atoms with van der Waals surface area (Å²) in [4.78, 5) is 0. The Labute approximate surface area is 112 Å². The molecule has 2 N–H and O–H groups in total. The highest BCUT2D eigenvalue weighted by Crippen LogP contribution is 2.31. The number of nitrogens with two attached hydrogens (primary N) is 1. The predicted molar refractivity (Wildman–Crippen MR) is 77.5 cm³/mol. The lowest BCUT2D eigenvalue weighted by atomic mass is 10.1. The van der Waals surface area contributed by atoms with E-state index in [1.54, 1.807) is 13.2 Å². The van der Waals surface area contributed by atoms with Gasteiger partial charge in [0.25, 0.3) is 0 Å². The smallest absolute Gasteiger partial charge is 0.143 e. The van der Waals surface area contributed by atoms with Gasteiger partial charge in [-0.15, -0.1) is 0 Å². The van der Waals surface area contributed by atoms with Crippen LogP contribution in [0.2, 0.25) is 0 Å². The lowest BCUT2D eigenvalue weighted by Gasteiger charge is -2.07. The molecule has 98 valence electrons. The van der Waals surface area contributed by atoms with E-state index in [1.807, 2.05) is 44.2 Å². The van der Waals surface area contributed by atoms with E-state index in [-0.39, 0.29) is 0 Å². The van der Waals surface area contributed by atoms with Gasteiger partial charge in [-0.25, -0.2) is 0 Å². The molecule has 0 saturated heterocycles. The van der Waals surface area contributed by atoms with Crippen LogP contribution >= 0.6 is 0 Å². The summed E-state index contributed by atoms with van der Waals surface area (Å²) in [5, 5.41) is 8.49. The summed E-state index contributed by atoms with van der Waals surface area (Å²) in [7, 11) is 1.59. The number of hydrogen-bond donors (Lipinski definition) is 1. The van der Waals surface area contributed by atoms with Crippen molar-refractivity contribution in [3.63, 3.8) is 0 Å². The molecule has 0 spiro atoms. The fourth-order valence-corrected chi connectivity index (χ4v) is 1.79. The van der Waals surface area contributed by atoms with Crippen molar-refractivity contribution in [1.82, 2.24) is 0 Å². The number of benzene rings is 2. The molecule has 0 amide bonds. The Kier molecular flexibility index (Phi) is 3.80. The van der Waals surface area contributed by atoms with Gasteiger partial charge in [0.1, 0.15) is 5.75 Å². The second-order valence-electron chi connectivity index (χ2n) is 4.42. The minimum atomic E-state index is 0.606. The minimum Gasteiger partial charge on any atom is -0.495 e. The van der Waals surface area contributed by atoms with Gasteiger partial charge in [-0.3, -0.25) is 0 Å². The Morgan fingerprint density at radius 2 is 1.84 bits per heavy atom. The largest absolute Gasteiger partial charge is 0.495 e. The monoisotopic (exact) mass is 255 g/mol. The molecule has 0 aliphatic carbocycles. The Morgan fingerprint density at radius 3 is 2.53 bits per heavy atom. The average Bonchev–Trinajstić information content (AvgIpc) is 2.38. The molecule has 0 aliphatic heterocycles. The Balaban J connectivity index is 2.33. The van der Waals surface area contributed by atoms with Crippen molar-refractivity contribution in [2.75, 3.05) is 12.8 Å². The number of azo groups is 1. The van der Waals surface area contributed by atoms with E-state index >= 15 is 0 Å². The van der Waals surface area contributed by atoms with Crippen LogP contribution in [-0.4, -0.2) is 7.11 Å². The van der Waals surface area contributed by atoms with Crippen molar-refractivity contribution in [2.24, 2.45) is 10.2 Å². The van der Waals surface area contributed by atoms with Crippen molar-refractivity contribution >= 4 is 17.1 Å². The van der Waals surface area contributed by atoms with E-state index in [2.05, 4.69) is 10.2 Å². The van der Waals surface area contributed by atoms with Gasteiger partial charge in [-0.1, -0.05) is 12.1 Å². The Hall–Kier alpha value is -2.36. The fourth-order valence-electron chi connectivity index (χ4n) is 1.79. The predicted octanol–water partition coefficient (Wildman–Crippen LogP) is 4.31. The van der Waals surface area contributed by atoms with Gasteiger partial charge >= 0.3 is 0 Å². The highest BCUT2D eigenvalue weighted by Gasteiger charge is 2.04. The van der Waals surface area contributed by atoms with Gasteiger partial charge < -0.3 is 10.5 Å². The molecule has 4 nitrogen and oxygen atoms in total. The second-order valence-corrected chi connectivity index (χ2v) is 4.42. The van der Waals surface area contributed by atoms with E-state index in [0.29, 0.717) is 11.4 Å². The highest BCUT2D eigenvalue weighted by atomic mass is 16.5. The van der Waals surface area contributed by atoms with Crippen LogP contribution in [-0.2, 0) is 0 Å². The molecule has 2 rings (SSSR count). The van der Waals surface area contributed by atoms with E-state index in [4.69, 9.17) is 10.5 Å². The maximum atomic E-state index is 5.83. The van der Waals surface area contributed by atoms with Gasteiger partial charge in [-0.2, -0.15) is 10.2 Å². The number of nitrogens with zero attached hydrogens (tertiary/aromatic N) is 2. The zero-order chi connectivity index (χ0) is 13.8. The standard InChI is InChI=1S/C15H17N3O/c1-10-5-4-6-12(7-10)17-18-14-9-15(19-3)13(16)8-11(14)2/h4-9H,16H2,1-3H3/b18-17+. The molecule has 0 saturated carbocycles. The molecule has 2 aromatic rings. The Bertz CT molecular complexity index is 621. The van der Waals surface area contributed by atoms with E-state index < -0.39 is 0 Å². The van der Waals surface area contributed by atoms with Crippen molar-refractivity contribution in [3.8, 4) is 5.75 Å². The van der Waals surface area contributed by atoms with E-state index in [1.165, 1.54) is 0 Å². The van der Waals surface area contributed by atoms with E-state index in [9.17, 15) is 0 Å². The average molecular weight is 255 g/mol. The summed E-state index contributed by atoms with van der Waals surface area (Å²) in [6.45, 7) is 3.97. The molecule has 0 aliphatic rings. The number of ether oxygens (including phenoxy) is 1. The minimum absolute atomic E-state index is 0.606. The summed E-state index contributed by atoms with van der Waals surface area (Å²) in [5.74, 6) is 0.615. The van der Waals surface area contributed by atoms with Crippen LogP contribution < -0.4 is 10.5 Å². The first-order chi connectivity index (χ1) is 9.10. The molecule has 4 heteroatoms. The van der Waals surface area contributed by atoms with Crippen molar-refractivity contribution in [3.05, 3.63) is 47.5 Å². The molecule has 0 atom stereocenters. The van der Waals surface area contributed by atoms with Crippen LogP contribution in [0.1, 0.15) is 11.1 Å². The third kappa shape index (κ3) is 3.10. The van der Waals surface area contributed by atoms with Gasteiger partial charge in [0.2, 0.25) is 0 Å². The topological polar surface area (TPSA) is 60.0 Å². The van der Waals surface area contributed by atoms with Gasteiger partial charge in [0.05, 0.1) is 24.2 Å². The van der Waals surface area contributed by atoms with Crippen molar-refractivity contribution in [1.29, 1.82) is 0 Å². The van der Waals surface area contributed by atoms with Gasteiger partial charge in [0, 0.05) is 6.07 Å². The van der Waals surface area contributed by atoms with Gasteiger partial charge in [-0.05, 0) is 43.2 Å². The zero-order valence-electron chi connectivity index (χ0n) is 11.3. The number of rotatable bonds is 3. The van der Waals surface area contributed by atoms with Crippen LogP contribution in [0.25, 0.3) is 0 Å². The normalized spacial score (nSPS) is 10.9. The quantitative estimate of drug-likeness (QED) is 0.656. The van der Waals surface area contributed by atoms with Crippen LogP contribution in [0.15, 0.2) is 46.6 Å². The van der Waals surface area contributed by atoms with Crippen LogP contribution in [0.4, 0.5) is 17.1 Å². The third-order valence-electron chi connectivity index (χ3n) is 2.82. The first kappa shape index (κ1) is 13.1. The van der Waals surface area contributed by atoms with Gasteiger partial charge in [0.15, 0.2) is 0 Å². The summed E-state index contributed by atoms with van der Waals surface area (Å²) >= 11 is 0. The lowest BCUT2D eigenvalue weighted by molar-refractivity contribution is 0.417. The van der Waals surface area contributed by atoms with E-state index in [0.717, 1.165) is 22.5 Å². The lowest BCUT2D eigenvalue weighted by Crippen LogP contribution is -1.92. The fraction of sp³-hybridized carbons (Fsp3) is 0.200. The SMILES string of the molecule is COc1cc(/N=N/c2cccc(C)c2)c(C)cc1N. The highest BCUT2D eigenvalue weighted by molar-refractivity contribution is 5.63. The molecule has 0 fully saturated rings. The number of nitrogen functional groups attached to an aromatic ring is 1. The summed E-state index contributed by atoms with van der Waals surface area (Å²) < 4.78 is 5.19. The Morgan fingerprint density at radius 1 is 1.05 bits per heavy atom. The molecule has 2 aromatic carbocycles. The number of hydrogen-bond acceptors (Lipinski definition) is 4. The third-order valence-corrected chi connectivity index (χ3v) is 2.82. The molecule has 19 heavy (non-hydrogen) atoms. The first-order valence-electron chi connectivity index (χ1n) is 6.02. The molecule has 0 heterocycles. The number of anilines is 1. The molecule has 0 radical (unpaired) electrons. The maximum Gasteiger partial charge on any atom is 0.143 e. The zero-order valence-corrected chi connectivity index (χ0v) is 11.3. The number of methoxy groups -OCH3 is 1. The molecular formula is C15H17N3O. The van der Waals surface area contributed by atoms with Crippen molar-refractivity contribution in [2.45, 2.75) is 13.8 Å². The summed E-state index contributed by atoms with van der Waals surface area (Å²) in [6, 6.07) is 11.5. The van der Waals surface area contributed by atoms with Crippen LogP contribution in [0.5, 0.6) is 5.75 Å². The maximum absolute atomic E-state index is 5.83. The molecule has 0 aromatic heterocycles. The molecular weight excluding hydrogens is 238 g/mol. The molecule has 0 bridgehead atoms. The summed E-state index contributed by atoms with van der Waals surface area (Å²) in [6.07, 6.45) is 0. The van der Waals surface area contributed by atoms with Crippen molar-refractivity contribution < 1.29 is 4.74 Å². The number of aryl methyl sites for hydroxylation is 2. The second kappa shape index (κ2) is 5.52. The van der Waals surface area contributed by atoms with Crippen LogP contribution in [0, 0.1) is 13.8 Å². The summed E-state index contributed by atoms with van der Waals surface area (Å²) in [5.41, 5.74) is 10.1. The van der Waals surface area contributed by atoms with Crippen LogP contribution in [0.3, 0.4) is 0 Å².